The van der Waals surface area contributed by atoms with Crippen LogP contribution in [0, 0.1) is 6.92 Å². The summed E-state index contributed by atoms with van der Waals surface area (Å²) < 4.78 is 0. The molecule has 2 aromatic carbocycles. The fraction of sp³-hybridized carbons (Fsp3) is 0.333. The van der Waals surface area contributed by atoms with Crippen molar-refractivity contribution in [1.29, 1.82) is 0 Å². The Hall–Kier alpha value is -2.53. The van der Waals surface area contributed by atoms with Gasteiger partial charge in [-0.25, -0.2) is 0 Å². The van der Waals surface area contributed by atoms with E-state index in [2.05, 4.69) is 45.9 Å². The molecule has 3 aliphatic heterocycles. The number of amides is 2. The van der Waals surface area contributed by atoms with Crippen molar-refractivity contribution in [3.05, 3.63) is 65.2 Å². The van der Waals surface area contributed by atoms with Crippen molar-refractivity contribution < 1.29 is 9.59 Å². The molecule has 2 atom stereocenters. The number of allylic oxidation sites excluding steroid dienone is 1. The molecule has 0 bridgehead atoms. The van der Waals surface area contributed by atoms with E-state index in [1.165, 1.54) is 17.3 Å². The second-order valence-corrected chi connectivity index (χ2v) is 10.3. The van der Waals surface area contributed by atoms with Crippen LogP contribution in [0.25, 0.3) is 5.57 Å². The Balaban J connectivity index is 1.86. The van der Waals surface area contributed by atoms with Gasteiger partial charge in [0.05, 0.1) is 16.5 Å². The van der Waals surface area contributed by atoms with Crippen molar-refractivity contribution in [3.63, 3.8) is 0 Å². The Morgan fingerprint density at radius 1 is 1.00 bits per heavy atom. The highest BCUT2D eigenvalue weighted by Crippen LogP contribution is 2.61. The number of hydrogen-bond donors (Lipinski definition) is 0. The minimum atomic E-state index is -1.07. The van der Waals surface area contributed by atoms with Crippen molar-refractivity contribution in [3.8, 4) is 0 Å². The Bertz CT molecular complexity index is 1110. The van der Waals surface area contributed by atoms with E-state index in [0.717, 1.165) is 28.1 Å². The summed E-state index contributed by atoms with van der Waals surface area (Å²) in [5.74, 6) is -0.0493. The van der Waals surface area contributed by atoms with Gasteiger partial charge in [0, 0.05) is 16.8 Å². The number of rotatable bonds is 1. The highest BCUT2D eigenvalue weighted by Gasteiger charge is 2.65. The summed E-state index contributed by atoms with van der Waals surface area (Å²) in [5, 5.41) is -0.297. The summed E-state index contributed by atoms with van der Waals surface area (Å²) in [6.07, 6.45) is 2.16. The zero-order valence-electron chi connectivity index (χ0n) is 17.3. The van der Waals surface area contributed by atoms with Crippen molar-refractivity contribution >= 4 is 40.5 Å². The first kappa shape index (κ1) is 18.5. The molecule has 5 rings (SSSR count). The summed E-state index contributed by atoms with van der Waals surface area (Å²) in [6.45, 7) is 10.2. The molecular weight excluding hydrogens is 380 g/mol. The zero-order valence-corrected chi connectivity index (χ0v) is 18.1. The summed E-state index contributed by atoms with van der Waals surface area (Å²) in [4.78, 5) is 30.1. The molecule has 0 saturated carbocycles. The van der Waals surface area contributed by atoms with E-state index in [1.807, 2.05) is 42.2 Å². The van der Waals surface area contributed by atoms with Gasteiger partial charge in [-0.3, -0.25) is 19.4 Å². The van der Waals surface area contributed by atoms with Crippen LogP contribution in [0.5, 0.6) is 0 Å². The number of thioether (sulfide) groups is 1. The molecule has 1 spiro atoms. The van der Waals surface area contributed by atoms with Gasteiger partial charge in [0.1, 0.15) is 0 Å². The first-order valence-electron chi connectivity index (χ1n) is 9.95. The SMILES string of the molecule is CC1=CC(C)(C)N2C(=O)C3(SC(C)C(=O)N3c3ccccc3)c3cc(C)cc1c32. The third-order valence-electron chi connectivity index (χ3n) is 6.15. The lowest BCUT2D eigenvalue weighted by Crippen LogP contribution is -2.55. The number of benzene rings is 2. The molecule has 3 aliphatic rings. The predicted molar refractivity (Wildman–Crippen MR) is 119 cm³/mol. The number of aryl methyl sites for hydroxylation is 1. The van der Waals surface area contributed by atoms with Crippen LogP contribution in [0.1, 0.15) is 44.4 Å². The number of hydrogen-bond acceptors (Lipinski definition) is 3. The smallest absolute Gasteiger partial charge is 0.269 e. The Morgan fingerprint density at radius 2 is 1.69 bits per heavy atom. The van der Waals surface area contributed by atoms with E-state index in [-0.39, 0.29) is 17.1 Å². The molecular formula is C24H24N2O2S. The molecule has 29 heavy (non-hydrogen) atoms. The van der Waals surface area contributed by atoms with Gasteiger partial charge < -0.3 is 0 Å². The Kier molecular flexibility index (Phi) is 3.67. The molecule has 0 aliphatic carbocycles. The second-order valence-electron chi connectivity index (χ2n) is 8.74. The molecule has 148 valence electrons. The van der Waals surface area contributed by atoms with Crippen molar-refractivity contribution in [2.24, 2.45) is 0 Å². The fourth-order valence-electron chi connectivity index (χ4n) is 5.08. The highest BCUT2D eigenvalue weighted by atomic mass is 32.2. The maximum absolute atomic E-state index is 14.2. The Morgan fingerprint density at radius 3 is 2.38 bits per heavy atom. The predicted octanol–water partition coefficient (Wildman–Crippen LogP) is 4.86. The Labute approximate surface area is 175 Å². The van der Waals surface area contributed by atoms with Gasteiger partial charge >= 0.3 is 0 Å². The van der Waals surface area contributed by atoms with E-state index in [9.17, 15) is 9.59 Å². The number of para-hydroxylation sites is 1. The van der Waals surface area contributed by atoms with E-state index in [0.29, 0.717) is 0 Å². The van der Waals surface area contributed by atoms with Gasteiger partial charge in [0.2, 0.25) is 10.8 Å². The van der Waals surface area contributed by atoms with Crippen LogP contribution in [-0.4, -0.2) is 22.6 Å². The molecule has 1 fully saturated rings. The molecule has 3 heterocycles. The van der Waals surface area contributed by atoms with Gasteiger partial charge in [-0.15, -0.1) is 11.8 Å². The molecule has 2 unspecified atom stereocenters. The molecule has 0 radical (unpaired) electrons. The van der Waals surface area contributed by atoms with Crippen LogP contribution in [0.2, 0.25) is 0 Å². The van der Waals surface area contributed by atoms with Crippen molar-refractivity contribution in [2.75, 3.05) is 9.80 Å². The maximum atomic E-state index is 14.2. The van der Waals surface area contributed by atoms with Gasteiger partial charge in [0.25, 0.3) is 5.91 Å². The number of carbonyl (C=O) groups excluding carboxylic acids is 2. The van der Waals surface area contributed by atoms with Crippen molar-refractivity contribution in [2.45, 2.75) is 50.3 Å². The lowest BCUT2D eigenvalue weighted by molar-refractivity contribution is -0.124. The average molecular weight is 405 g/mol. The second kappa shape index (κ2) is 5.76. The topological polar surface area (TPSA) is 40.6 Å². The van der Waals surface area contributed by atoms with Crippen LogP contribution >= 0.6 is 11.8 Å². The summed E-state index contributed by atoms with van der Waals surface area (Å²) in [5.41, 5.74) is 5.56. The monoisotopic (exact) mass is 404 g/mol. The molecule has 1 saturated heterocycles. The van der Waals surface area contributed by atoms with Gasteiger partial charge in [0.15, 0.2) is 0 Å². The van der Waals surface area contributed by atoms with Crippen LogP contribution in [-0.2, 0) is 14.5 Å². The third-order valence-corrected chi connectivity index (χ3v) is 7.62. The fourth-order valence-corrected chi connectivity index (χ4v) is 6.57. The van der Waals surface area contributed by atoms with E-state index < -0.39 is 10.4 Å². The molecule has 5 heteroatoms. The summed E-state index contributed by atoms with van der Waals surface area (Å²) in [6, 6.07) is 13.8. The van der Waals surface area contributed by atoms with E-state index in [4.69, 9.17) is 0 Å². The van der Waals surface area contributed by atoms with Crippen LogP contribution in [0.15, 0.2) is 48.5 Å². The minimum absolute atomic E-state index is 0.0212. The van der Waals surface area contributed by atoms with E-state index in [1.54, 1.807) is 4.90 Å². The quantitative estimate of drug-likeness (QED) is 0.682. The maximum Gasteiger partial charge on any atom is 0.269 e. The number of carbonyl (C=O) groups is 2. The molecule has 2 aromatic rings. The lowest BCUT2D eigenvalue weighted by atomic mass is 9.88. The lowest BCUT2D eigenvalue weighted by Gasteiger charge is -2.40. The summed E-state index contributed by atoms with van der Waals surface area (Å²) in [7, 11) is 0. The largest absolute Gasteiger partial charge is 0.299 e. The number of fused-ring (bicyclic) bond motifs is 1. The van der Waals surface area contributed by atoms with Gasteiger partial charge in [-0.05, 0) is 64.0 Å². The zero-order chi connectivity index (χ0) is 20.7. The first-order valence-corrected chi connectivity index (χ1v) is 10.8. The van der Waals surface area contributed by atoms with Crippen LogP contribution in [0.4, 0.5) is 11.4 Å². The van der Waals surface area contributed by atoms with Gasteiger partial charge in [-0.2, -0.15) is 0 Å². The molecule has 0 N–H and O–H groups in total. The first-order chi connectivity index (χ1) is 13.7. The van der Waals surface area contributed by atoms with E-state index >= 15 is 0 Å². The highest BCUT2D eigenvalue weighted by molar-refractivity contribution is 8.03. The third kappa shape index (κ3) is 2.22. The average Bonchev–Trinajstić information content (AvgIpc) is 3.07. The minimum Gasteiger partial charge on any atom is -0.299 e. The molecule has 4 nitrogen and oxygen atoms in total. The normalized spacial score (nSPS) is 26.9. The number of anilines is 2. The molecule has 0 aromatic heterocycles. The number of nitrogens with zero attached hydrogens (tertiary/aromatic N) is 2. The standard InChI is InChI=1S/C24H24N2O2S/c1-14-11-18-15(2)13-23(4,5)26-20(18)19(12-14)24(22(26)28)25(21(27)16(3)29-24)17-9-7-6-8-10-17/h6-13,16H,1-5H3. The van der Waals surface area contributed by atoms with Gasteiger partial charge in [-0.1, -0.05) is 30.3 Å². The molecule has 2 amide bonds. The van der Waals surface area contributed by atoms with Crippen LogP contribution in [0.3, 0.4) is 0 Å². The summed E-state index contributed by atoms with van der Waals surface area (Å²) >= 11 is 1.47. The van der Waals surface area contributed by atoms with Crippen molar-refractivity contribution in [1.82, 2.24) is 0 Å². The van der Waals surface area contributed by atoms with Crippen LogP contribution < -0.4 is 9.80 Å².